The zero-order valence-corrected chi connectivity index (χ0v) is 10.2. The zero-order chi connectivity index (χ0) is 12.2. The van der Waals surface area contributed by atoms with E-state index in [0.29, 0.717) is 6.04 Å². The number of hydrogen-bond donors (Lipinski definition) is 3. The van der Waals surface area contributed by atoms with Gasteiger partial charge in [-0.05, 0) is 38.5 Å². The van der Waals surface area contributed by atoms with E-state index in [4.69, 9.17) is 5.11 Å². The van der Waals surface area contributed by atoms with Crippen LogP contribution in [-0.2, 0) is 4.79 Å². The molecule has 3 N–H and O–H groups in total. The minimum atomic E-state index is -1.65. The molecular formula is C12H23NO3. The monoisotopic (exact) mass is 229 g/mol. The number of aliphatic carboxylic acids is 1. The second-order valence-corrected chi connectivity index (χ2v) is 5.09. The fraction of sp³-hybridized carbons (Fsp3) is 0.917. The summed E-state index contributed by atoms with van der Waals surface area (Å²) >= 11 is 0. The Morgan fingerprint density at radius 1 is 1.38 bits per heavy atom. The summed E-state index contributed by atoms with van der Waals surface area (Å²) in [7, 11) is 0. The van der Waals surface area contributed by atoms with Gasteiger partial charge < -0.3 is 15.5 Å². The van der Waals surface area contributed by atoms with Gasteiger partial charge in [0.2, 0.25) is 0 Å². The first-order valence-corrected chi connectivity index (χ1v) is 6.15. The molecule has 16 heavy (non-hydrogen) atoms. The normalized spacial score (nSPS) is 29.7. The van der Waals surface area contributed by atoms with Gasteiger partial charge in [0.15, 0.2) is 5.60 Å². The van der Waals surface area contributed by atoms with Gasteiger partial charge in [0.05, 0.1) is 0 Å². The highest BCUT2D eigenvalue weighted by molar-refractivity contribution is 5.76. The summed E-state index contributed by atoms with van der Waals surface area (Å²) < 4.78 is 0. The van der Waals surface area contributed by atoms with Crippen LogP contribution in [0.5, 0.6) is 0 Å². The van der Waals surface area contributed by atoms with Crippen LogP contribution >= 0.6 is 0 Å². The van der Waals surface area contributed by atoms with Crippen LogP contribution < -0.4 is 5.32 Å². The second kappa shape index (κ2) is 5.64. The highest BCUT2D eigenvalue weighted by Gasteiger charge is 2.31. The smallest absolute Gasteiger partial charge is 0.336 e. The summed E-state index contributed by atoms with van der Waals surface area (Å²) in [5.41, 5.74) is -1.65. The minimum absolute atomic E-state index is 0.129. The molecule has 1 aliphatic carbocycles. The Labute approximate surface area is 97.0 Å². The van der Waals surface area contributed by atoms with Crippen LogP contribution in [-0.4, -0.2) is 34.4 Å². The van der Waals surface area contributed by atoms with Crippen molar-refractivity contribution in [3.05, 3.63) is 0 Å². The first-order valence-electron chi connectivity index (χ1n) is 6.15. The van der Waals surface area contributed by atoms with E-state index in [1.807, 2.05) is 0 Å². The van der Waals surface area contributed by atoms with Gasteiger partial charge in [0, 0.05) is 12.6 Å². The molecule has 0 aromatic heterocycles. The van der Waals surface area contributed by atoms with E-state index in [9.17, 15) is 9.90 Å². The summed E-state index contributed by atoms with van der Waals surface area (Å²) in [6.45, 7) is 3.68. The van der Waals surface area contributed by atoms with Crippen molar-refractivity contribution in [3.63, 3.8) is 0 Å². The topological polar surface area (TPSA) is 69.6 Å². The summed E-state index contributed by atoms with van der Waals surface area (Å²) in [5.74, 6) is -0.333. The van der Waals surface area contributed by atoms with Crippen LogP contribution in [0.1, 0.15) is 46.0 Å². The molecule has 1 saturated carbocycles. The maximum Gasteiger partial charge on any atom is 0.336 e. The third kappa shape index (κ3) is 3.76. The van der Waals surface area contributed by atoms with Crippen molar-refractivity contribution in [2.45, 2.75) is 57.6 Å². The Morgan fingerprint density at radius 3 is 2.38 bits per heavy atom. The lowest BCUT2D eigenvalue weighted by Crippen LogP contribution is -2.48. The van der Waals surface area contributed by atoms with Crippen molar-refractivity contribution in [3.8, 4) is 0 Å². The van der Waals surface area contributed by atoms with Gasteiger partial charge >= 0.3 is 5.97 Å². The maximum absolute atomic E-state index is 10.7. The van der Waals surface area contributed by atoms with Crippen LogP contribution in [0.4, 0.5) is 0 Å². The molecule has 0 aromatic carbocycles. The molecule has 1 atom stereocenters. The maximum atomic E-state index is 10.7. The molecule has 0 amide bonds. The van der Waals surface area contributed by atoms with E-state index in [1.54, 1.807) is 0 Å². The van der Waals surface area contributed by atoms with E-state index >= 15 is 0 Å². The molecule has 0 heterocycles. The number of hydrogen-bond acceptors (Lipinski definition) is 3. The number of carboxylic acid groups (broad SMARTS) is 1. The number of carboxylic acids is 1. The molecule has 0 spiro atoms. The van der Waals surface area contributed by atoms with Gasteiger partial charge in [-0.25, -0.2) is 4.79 Å². The molecule has 0 aromatic rings. The molecule has 1 aliphatic rings. The van der Waals surface area contributed by atoms with E-state index in [-0.39, 0.29) is 6.54 Å². The second-order valence-electron chi connectivity index (χ2n) is 5.09. The van der Waals surface area contributed by atoms with Gasteiger partial charge in [-0.3, -0.25) is 0 Å². The summed E-state index contributed by atoms with van der Waals surface area (Å²) in [5, 5.41) is 21.5. The largest absolute Gasteiger partial charge is 0.479 e. The standard InChI is InChI=1S/C12H23NO3/c1-3-9-4-6-10(7-5-9)13-8-12(2,16)11(14)15/h9-10,13,16H,3-8H2,1-2H3,(H,14,15). The van der Waals surface area contributed by atoms with Gasteiger partial charge in [-0.1, -0.05) is 13.3 Å². The molecule has 0 radical (unpaired) electrons. The SMILES string of the molecule is CCC1CCC(NCC(C)(O)C(=O)O)CC1. The fourth-order valence-corrected chi connectivity index (χ4v) is 2.19. The quantitative estimate of drug-likeness (QED) is 0.666. The summed E-state index contributed by atoms with van der Waals surface area (Å²) in [6, 6.07) is 0.369. The number of rotatable bonds is 5. The highest BCUT2D eigenvalue weighted by atomic mass is 16.4. The highest BCUT2D eigenvalue weighted by Crippen LogP contribution is 2.26. The van der Waals surface area contributed by atoms with Crippen molar-refractivity contribution >= 4 is 5.97 Å². The lowest BCUT2D eigenvalue weighted by Gasteiger charge is -2.30. The fourth-order valence-electron chi connectivity index (χ4n) is 2.19. The van der Waals surface area contributed by atoms with Crippen LogP contribution in [0.2, 0.25) is 0 Å². The van der Waals surface area contributed by atoms with Crippen molar-refractivity contribution < 1.29 is 15.0 Å². The van der Waals surface area contributed by atoms with Gasteiger partial charge in [-0.15, -0.1) is 0 Å². The molecule has 0 aliphatic heterocycles. The van der Waals surface area contributed by atoms with Crippen LogP contribution in [0.3, 0.4) is 0 Å². The van der Waals surface area contributed by atoms with Gasteiger partial charge in [0.25, 0.3) is 0 Å². The summed E-state index contributed by atoms with van der Waals surface area (Å²) in [6.07, 6.45) is 5.84. The van der Waals surface area contributed by atoms with Crippen LogP contribution in [0, 0.1) is 5.92 Å². The molecule has 1 fully saturated rings. The molecule has 1 unspecified atom stereocenters. The molecule has 94 valence electrons. The number of nitrogens with one attached hydrogen (secondary N) is 1. The Kier molecular flexibility index (Phi) is 4.74. The first kappa shape index (κ1) is 13.5. The third-order valence-corrected chi connectivity index (χ3v) is 3.62. The number of aliphatic hydroxyl groups is 1. The lowest BCUT2D eigenvalue weighted by molar-refractivity contribution is -0.156. The van der Waals surface area contributed by atoms with Crippen LogP contribution in [0.15, 0.2) is 0 Å². The predicted octanol–water partition coefficient (Wildman–Crippen LogP) is 1.38. The average molecular weight is 229 g/mol. The molecule has 0 saturated heterocycles. The Morgan fingerprint density at radius 2 is 1.94 bits per heavy atom. The first-order chi connectivity index (χ1) is 7.45. The minimum Gasteiger partial charge on any atom is -0.479 e. The van der Waals surface area contributed by atoms with E-state index in [2.05, 4.69) is 12.2 Å². The lowest BCUT2D eigenvalue weighted by atomic mass is 9.84. The Hall–Kier alpha value is -0.610. The Bertz CT molecular complexity index is 232. The van der Waals surface area contributed by atoms with Crippen molar-refractivity contribution in [2.75, 3.05) is 6.54 Å². The molecule has 1 rings (SSSR count). The molecular weight excluding hydrogens is 206 g/mol. The summed E-state index contributed by atoms with van der Waals surface area (Å²) in [4.78, 5) is 10.7. The van der Waals surface area contributed by atoms with Crippen molar-refractivity contribution in [1.29, 1.82) is 0 Å². The van der Waals surface area contributed by atoms with Crippen molar-refractivity contribution in [1.82, 2.24) is 5.32 Å². The zero-order valence-electron chi connectivity index (χ0n) is 10.2. The van der Waals surface area contributed by atoms with Crippen molar-refractivity contribution in [2.24, 2.45) is 5.92 Å². The third-order valence-electron chi connectivity index (χ3n) is 3.62. The van der Waals surface area contributed by atoms with E-state index < -0.39 is 11.6 Å². The number of carbonyl (C=O) groups is 1. The van der Waals surface area contributed by atoms with Gasteiger partial charge in [0.1, 0.15) is 0 Å². The molecule has 0 bridgehead atoms. The average Bonchev–Trinajstić information content (AvgIpc) is 2.27. The van der Waals surface area contributed by atoms with E-state index in [1.165, 1.54) is 26.2 Å². The van der Waals surface area contributed by atoms with E-state index in [0.717, 1.165) is 18.8 Å². The van der Waals surface area contributed by atoms with Gasteiger partial charge in [-0.2, -0.15) is 0 Å². The Balaban J connectivity index is 2.27. The molecule has 4 heteroatoms. The molecule has 4 nitrogen and oxygen atoms in total. The predicted molar refractivity (Wildman–Crippen MR) is 62.3 cm³/mol. The van der Waals surface area contributed by atoms with Crippen LogP contribution in [0.25, 0.3) is 0 Å².